The second-order valence-electron chi connectivity index (χ2n) is 4.93. The van der Waals surface area contributed by atoms with Crippen molar-refractivity contribution in [3.05, 3.63) is 28.3 Å². The van der Waals surface area contributed by atoms with Crippen LogP contribution in [0.15, 0.2) is 18.2 Å². The van der Waals surface area contributed by atoms with Gasteiger partial charge in [-0.05, 0) is 37.8 Å². The molecule has 0 radical (unpaired) electrons. The third-order valence-corrected chi connectivity index (χ3v) is 3.73. The Balaban J connectivity index is 2.38. The summed E-state index contributed by atoms with van der Waals surface area (Å²) in [6, 6.07) is 5.40. The normalized spacial score (nSPS) is 14.7. The number of anilines is 2. The second kappa shape index (κ2) is 6.53. The van der Waals surface area contributed by atoms with Gasteiger partial charge >= 0.3 is 5.69 Å². The molecule has 0 aromatic heterocycles. The molecule has 7 heteroatoms. The summed E-state index contributed by atoms with van der Waals surface area (Å²) in [5.41, 5.74) is 3.26. The first-order chi connectivity index (χ1) is 9.69. The van der Waals surface area contributed by atoms with E-state index in [2.05, 4.69) is 5.43 Å². The summed E-state index contributed by atoms with van der Waals surface area (Å²) < 4.78 is 0. The molecule has 1 aromatic rings. The Bertz CT molecular complexity index is 477. The number of hydrogen-bond donors (Lipinski definition) is 3. The fourth-order valence-electron chi connectivity index (χ4n) is 2.51. The molecule has 20 heavy (non-hydrogen) atoms. The first-order valence-electron chi connectivity index (χ1n) is 6.80. The fraction of sp³-hybridized carbons (Fsp3) is 0.538. The number of nitrogens with zero attached hydrogens (tertiary/aromatic N) is 2. The molecule has 0 unspecified atom stereocenters. The number of aliphatic hydroxyl groups excluding tert-OH is 1. The van der Waals surface area contributed by atoms with Gasteiger partial charge in [-0.2, -0.15) is 0 Å². The van der Waals surface area contributed by atoms with Crippen molar-refractivity contribution in [2.24, 2.45) is 5.84 Å². The molecule has 7 nitrogen and oxygen atoms in total. The van der Waals surface area contributed by atoms with Crippen molar-refractivity contribution >= 4 is 17.1 Å². The number of nitrogens with one attached hydrogen (secondary N) is 1. The number of hydrogen-bond acceptors (Lipinski definition) is 6. The van der Waals surface area contributed by atoms with Gasteiger partial charge in [0.1, 0.15) is 11.4 Å². The predicted molar refractivity (Wildman–Crippen MR) is 77.6 cm³/mol. The van der Waals surface area contributed by atoms with Crippen molar-refractivity contribution < 1.29 is 10.0 Å². The molecule has 2 rings (SSSR count). The highest BCUT2D eigenvalue weighted by Crippen LogP contribution is 2.39. The van der Waals surface area contributed by atoms with E-state index in [9.17, 15) is 10.1 Å². The summed E-state index contributed by atoms with van der Waals surface area (Å²) in [7, 11) is 0. The Kier molecular flexibility index (Phi) is 4.75. The summed E-state index contributed by atoms with van der Waals surface area (Å²) >= 11 is 0. The molecule has 0 saturated heterocycles. The van der Waals surface area contributed by atoms with Gasteiger partial charge in [-0.3, -0.25) is 16.0 Å². The van der Waals surface area contributed by atoms with E-state index in [4.69, 9.17) is 10.9 Å². The predicted octanol–water partition coefficient (Wildman–Crippen LogP) is 1.62. The van der Waals surface area contributed by atoms with E-state index in [0.29, 0.717) is 30.4 Å². The minimum Gasteiger partial charge on any atom is -0.396 e. The smallest absolute Gasteiger partial charge is 0.316 e. The van der Waals surface area contributed by atoms with Crippen molar-refractivity contribution in [3.63, 3.8) is 0 Å². The zero-order chi connectivity index (χ0) is 14.5. The Hall–Kier alpha value is -1.86. The molecule has 4 N–H and O–H groups in total. The Morgan fingerprint density at radius 1 is 1.50 bits per heavy atom. The Morgan fingerprint density at radius 3 is 2.75 bits per heavy atom. The van der Waals surface area contributed by atoms with Crippen LogP contribution in [-0.4, -0.2) is 29.2 Å². The summed E-state index contributed by atoms with van der Waals surface area (Å²) in [5.74, 6) is 5.37. The van der Waals surface area contributed by atoms with E-state index in [0.717, 1.165) is 19.3 Å². The number of nitro groups is 1. The van der Waals surface area contributed by atoms with Crippen LogP contribution in [0.4, 0.5) is 17.1 Å². The van der Waals surface area contributed by atoms with Gasteiger partial charge in [0.05, 0.1) is 4.92 Å². The standard InChI is InChI=1S/C13H20N4O3/c14-15-11-6-2-7-12(13(11)17(19)20)16(8-3-9-18)10-4-1-5-10/h2,6-7,10,15,18H,1,3-5,8-9,14H2. The number of nitrogen functional groups attached to an aromatic ring is 1. The number of nitro benzene ring substituents is 1. The zero-order valence-corrected chi connectivity index (χ0v) is 11.3. The highest BCUT2D eigenvalue weighted by Gasteiger charge is 2.30. The van der Waals surface area contributed by atoms with Gasteiger partial charge in [0.15, 0.2) is 0 Å². The van der Waals surface area contributed by atoms with Gasteiger partial charge in [-0.1, -0.05) is 6.07 Å². The van der Waals surface area contributed by atoms with Gasteiger partial charge in [-0.25, -0.2) is 0 Å². The first-order valence-corrected chi connectivity index (χ1v) is 6.80. The van der Waals surface area contributed by atoms with Crippen molar-refractivity contribution in [2.45, 2.75) is 31.7 Å². The van der Waals surface area contributed by atoms with Crippen LogP contribution >= 0.6 is 0 Å². The molecule has 0 bridgehead atoms. The molecule has 0 heterocycles. The number of rotatable bonds is 7. The molecule has 0 amide bonds. The summed E-state index contributed by atoms with van der Waals surface area (Å²) in [4.78, 5) is 13.0. The molecular weight excluding hydrogens is 260 g/mol. The van der Waals surface area contributed by atoms with Crippen LogP contribution in [0, 0.1) is 10.1 Å². The molecule has 1 aliphatic carbocycles. The van der Waals surface area contributed by atoms with E-state index >= 15 is 0 Å². The van der Waals surface area contributed by atoms with E-state index in [-0.39, 0.29) is 12.3 Å². The van der Waals surface area contributed by atoms with Crippen molar-refractivity contribution in [2.75, 3.05) is 23.5 Å². The Labute approximate surface area is 117 Å². The maximum atomic E-state index is 11.3. The van der Waals surface area contributed by atoms with E-state index in [1.54, 1.807) is 18.2 Å². The zero-order valence-electron chi connectivity index (χ0n) is 11.3. The molecule has 0 spiro atoms. The van der Waals surface area contributed by atoms with Crippen LogP contribution in [0.3, 0.4) is 0 Å². The van der Waals surface area contributed by atoms with Crippen molar-refractivity contribution in [1.82, 2.24) is 0 Å². The van der Waals surface area contributed by atoms with E-state index in [1.807, 2.05) is 4.90 Å². The quantitative estimate of drug-likeness (QED) is 0.398. The number of aliphatic hydroxyl groups is 1. The Morgan fingerprint density at radius 2 is 2.25 bits per heavy atom. The van der Waals surface area contributed by atoms with Crippen LogP contribution in [-0.2, 0) is 0 Å². The van der Waals surface area contributed by atoms with Crippen LogP contribution in [0.2, 0.25) is 0 Å². The SMILES string of the molecule is NNc1cccc(N(CCCO)C2CCC2)c1[N+](=O)[O-]. The van der Waals surface area contributed by atoms with Crippen molar-refractivity contribution in [3.8, 4) is 0 Å². The first kappa shape index (κ1) is 14.5. The lowest BCUT2D eigenvalue weighted by Gasteiger charge is -2.39. The van der Waals surface area contributed by atoms with E-state index < -0.39 is 4.92 Å². The largest absolute Gasteiger partial charge is 0.396 e. The van der Waals surface area contributed by atoms with Gasteiger partial charge in [0, 0.05) is 19.2 Å². The number of benzene rings is 1. The molecule has 0 atom stereocenters. The monoisotopic (exact) mass is 280 g/mol. The highest BCUT2D eigenvalue weighted by atomic mass is 16.6. The second-order valence-corrected chi connectivity index (χ2v) is 4.93. The molecule has 0 aliphatic heterocycles. The molecule has 110 valence electrons. The van der Waals surface area contributed by atoms with Gasteiger partial charge in [0.25, 0.3) is 0 Å². The van der Waals surface area contributed by atoms with Crippen LogP contribution < -0.4 is 16.2 Å². The van der Waals surface area contributed by atoms with E-state index in [1.165, 1.54) is 0 Å². The fourth-order valence-corrected chi connectivity index (χ4v) is 2.51. The van der Waals surface area contributed by atoms with Gasteiger partial charge in [0.2, 0.25) is 0 Å². The molecular formula is C13H20N4O3. The maximum absolute atomic E-state index is 11.3. The summed E-state index contributed by atoms with van der Waals surface area (Å²) in [6.45, 7) is 0.682. The lowest BCUT2D eigenvalue weighted by Crippen LogP contribution is -2.41. The lowest BCUT2D eigenvalue weighted by atomic mass is 9.90. The maximum Gasteiger partial charge on any atom is 0.316 e. The summed E-state index contributed by atoms with van der Waals surface area (Å²) in [5, 5.41) is 20.4. The number of hydrazine groups is 1. The topological polar surface area (TPSA) is 105 Å². The van der Waals surface area contributed by atoms with Crippen LogP contribution in [0.5, 0.6) is 0 Å². The molecule has 1 fully saturated rings. The minimum atomic E-state index is -0.408. The van der Waals surface area contributed by atoms with Gasteiger partial charge in [-0.15, -0.1) is 0 Å². The van der Waals surface area contributed by atoms with Crippen LogP contribution in [0.25, 0.3) is 0 Å². The molecule has 1 aromatic carbocycles. The average Bonchev–Trinajstić information content (AvgIpc) is 2.40. The third-order valence-electron chi connectivity index (χ3n) is 3.73. The third kappa shape index (κ3) is 2.83. The number of para-hydroxylation sites is 1. The average molecular weight is 280 g/mol. The minimum absolute atomic E-state index is 0.000148. The lowest BCUT2D eigenvalue weighted by molar-refractivity contribution is -0.383. The van der Waals surface area contributed by atoms with Crippen molar-refractivity contribution in [1.29, 1.82) is 0 Å². The number of nitrogens with two attached hydrogens (primary N) is 1. The molecule has 1 saturated carbocycles. The molecule has 1 aliphatic rings. The summed E-state index contributed by atoms with van der Waals surface area (Å²) in [6.07, 6.45) is 3.79. The highest BCUT2D eigenvalue weighted by molar-refractivity contribution is 5.77. The van der Waals surface area contributed by atoms with Gasteiger partial charge < -0.3 is 15.4 Å². The van der Waals surface area contributed by atoms with Crippen LogP contribution in [0.1, 0.15) is 25.7 Å².